The molecule has 0 N–H and O–H groups in total. The summed E-state index contributed by atoms with van der Waals surface area (Å²) in [5.41, 5.74) is 2.32. The van der Waals surface area contributed by atoms with Crippen LogP contribution in [0, 0.1) is 6.92 Å². The van der Waals surface area contributed by atoms with Crippen LogP contribution in [0.25, 0.3) is 10.1 Å². The highest BCUT2D eigenvalue weighted by Gasteiger charge is 2.20. The normalized spacial score (nSPS) is 10.9. The predicted octanol–water partition coefficient (Wildman–Crippen LogP) is 5.14. The van der Waals surface area contributed by atoms with E-state index >= 15 is 0 Å². The molecule has 0 spiro atoms. The first-order valence-electron chi connectivity index (χ1n) is 7.04. The summed E-state index contributed by atoms with van der Waals surface area (Å²) in [5, 5.41) is 1.50. The number of halogens is 1. The highest BCUT2D eigenvalue weighted by Crippen LogP contribution is 2.35. The Labute approximate surface area is 138 Å². The Morgan fingerprint density at radius 2 is 1.82 bits per heavy atom. The second kappa shape index (κ2) is 6.11. The third-order valence-corrected chi connectivity index (χ3v) is 5.28. The van der Waals surface area contributed by atoms with Crippen molar-refractivity contribution >= 4 is 38.9 Å². The third-order valence-electron chi connectivity index (χ3n) is 3.62. The summed E-state index contributed by atoms with van der Waals surface area (Å²) < 4.78 is 1.04. The first-order chi connectivity index (χ1) is 10.6. The van der Waals surface area contributed by atoms with Gasteiger partial charge in [-0.3, -0.25) is 4.79 Å². The number of rotatable bonds is 3. The Hall–Kier alpha value is -1.84. The van der Waals surface area contributed by atoms with E-state index < -0.39 is 0 Å². The molecule has 1 amide bonds. The molecule has 0 atom stereocenters. The van der Waals surface area contributed by atoms with Gasteiger partial charge in [0.25, 0.3) is 5.91 Å². The zero-order chi connectivity index (χ0) is 15.7. The van der Waals surface area contributed by atoms with E-state index in [9.17, 15) is 4.79 Å². The summed E-state index contributed by atoms with van der Waals surface area (Å²) in [7, 11) is 1.81. The van der Waals surface area contributed by atoms with E-state index in [0.717, 1.165) is 15.6 Å². The Kier molecular flexibility index (Phi) is 4.19. The number of carbonyl (C=O) groups excluding carboxylic acids is 1. The smallest absolute Gasteiger partial charge is 0.265 e. The van der Waals surface area contributed by atoms with Crippen molar-refractivity contribution in [1.29, 1.82) is 0 Å². The van der Waals surface area contributed by atoms with Crippen LogP contribution in [-0.2, 0) is 6.54 Å². The van der Waals surface area contributed by atoms with Gasteiger partial charge in [-0.2, -0.15) is 0 Å². The molecule has 1 heterocycles. The fraction of sp³-hybridized carbons (Fsp3) is 0.167. The largest absolute Gasteiger partial charge is 0.337 e. The first-order valence-corrected chi connectivity index (χ1v) is 8.24. The zero-order valence-corrected chi connectivity index (χ0v) is 14.0. The van der Waals surface area contributed by atoms with Gasteiger partial charge in [0.1, 0.15) is 4.88 Å². The van der Waals surface area contributed by atoms with Gasteiger partial charge in [-0.25, -0.2) is 0 Å². The van der Waals surface area contributed by atoms with Crippen molar-refractivity contribution in [3.63, 3.8) is 0 Å². The maximum absolute atomic E-state index is 12.7. The van der Waals surface area contributed by atoms with Crippen molar-refractivity contribution < 1.29 is 4.79 Å². The molecular weight excluding hydrogens is 314 g/mol. The number of amides is 1. The molecule has 0 aliphatic carbocycles. The molecule has 2 nitrogen and oxygen atoms in total. The molecule has 3 aromatic rings. The zero-order valence-electron chi connectivity index (χ0n) is 12.5. The number of carbonyl (C=O) groups is 1. The van der Waals surface area contributed by atoms with Crippen molar-refractivity contribution in [2.75, 3.05) is 7.05 Å². The van der Waals surface area contributed by atoms with Crippen LogP contribution in [0.3, 0.4) is 0 Å². The van der Waals surface area contributed by atoms with Crippen molar-refractivity contribution in [2.45, 2.75) is 13.5 Å². The summed E-state index contributed by atoms with van der Waals surface area (Å²) in [4.78, 5) is 15.0. The van der Waals surface area contributed by atoms with Gasteiger partial charge in [-0.15, -0.1) is 11.3 Å². The lowest BCUT2D eigenvalue weighted by atomic mass is 10.1. The molecule has 1 aromatic heterocycles. The molecule has 2 aromatic carbocycles. The van der Waals surface area contributed by atoms with Gasteiger partial charge in [0.05, 0.1) is 5.02 Å². The average Bonchev–Trinajstić information content (AvgIpc) is 2.86. The van der Waals surface area contributed by atoms with Gasteiger partial charge >= 0.3 is 0 Å². The van der Waals surface area contributed by atoms with Crippen molar-refractivity contribution in [1.82, 2.24) is 4.90 Å². The van der Waals surface area contributed by atoms with Gasteiger partial charge < -0.3 is 4.90 Å². The SMILES string of the molecule is Cc1ccc(CN(C)C(=O)c2sc3ccccc3c2Cl)cc1. The number of thiophene rings is 1. The molecule has 112 valence electrons. The minimum absolute atomic E-state index is 0.0354. The van der Waals surface area contributed by atoms with E-state index in [-0.39, 0.29) is 5.91 Å². The number of nitrogens with zero attached hydrogens (tertiary/aromatic N) is 1. The van der Waals surface area contributed by atoms with Crippen LogP contribution in [0.2, 0.25) is 5.02 Å². The Morgan fingerprint density at radius 1 is 1.14 bits per heavy atom. The van der Waals surface area contributed by atoms with Crippen LogP contribution in [0.5, 0.6) is 0 Å². The number of hydrogen-bond acceptors (Lipinski definition) is 2. The van der Waals surface area contributed by atoms with E-state index in [0.29, 0.717) is 16.4 Å². The molecule has 22 heavy (non-hydrogen) atoms. The van der Waals surface area contributed by atoms with Gasteiger partial charge in [0, 0.05) is 23.7 Å². The monoisotopic (exact) mass is 329 g/mol. The summed E-state index contributed by atoms with van der Waals surface area (Å²) >= 11 is 7.83. The fourth-order valence-electron chi connectivity index (χ4n) is 2.36. The molecule has 0 radical (unpaired) electrons. The number of fused-ring (bicyclic) bond motifs is 1. The summed E-state index contributed by atoms with van der Waals surface area (Å²) in [5.74, 6) is -0.0354. The van der Waals surface area contributed by atoms with Gasteiger partial charge in [0.15, 0.2) is 0 Å². The Bertz CT molecular complexity index is 823. The minimum atomic E-state index is -0.0354. The number of aryl methyl sites for hydroxylation is 1. The summed E-state index contributed by atoms with van der Waals surface area (Å²) in [6, 6.07) is 16.0. The van der Waals surface area contributed by atoms with Crippen LogP contribution in [0.15, 0.2) is 48.5 Å². The maximum Gasteiger partial charge on any atom is 0.265 e. The molecule has 3 rings (SSSR count). The molecule has 0 fully saturated rings. The van der Waals surface area contributed by atoms with Crippen molar-refractivity contribution in [2.24, 2.45) is 0 Å². The maximum atomic E-state index is 12.7. The fourth-order valence-corrected chi connectivity index (χ4v) is 3.87. The highest BCUT2D eigenvalue weighted by molar-refractivity contribution is 7.21. The highest BCUT2D eigenvalue weighted by atomic mass is 35.5. The van der Waals surface area contributed by atoms with E-state index in [1.54, 1.807) is 4.90 Å². The predicted molar refractivity (Wildman–Crippen MR) is 93.8 cm³/mol. The van der Waals surface area contributed by atoms with Crippen LogP contribution >= 0.6 is 22.9 Å². The lowest BCUT2D eigenvalue weighted by Gasteiger charge is -2.16. The van der Waals surface area contributed by atoms with Gasteiger partial charge in [-0.1, -0.05) is 59.6 Å². The summed E-state index contributed by atoms with van der Waals surface area (Å²) in [6.07, 6.45) is 0. The lowest BCUT2D eigenvalue weighted by Crippen LogP contribution is -2.25. The Morgan fingerprint density at radius 3 is 2.50 bits per heavy atom. The molecule has 0 saturated carbocycles. The average molecular weight is 330 g/mol. The molecule has 0 aliphatic heterocycles. The van der Waals surface area contributed by atoms with Crippen LogP contribution in [0.1, 0.15) is 20.8 Å². The van der Waals surface area contributed by atoms with E-state index in [4.69, 9.17) is 11.6 Å². The topological polar surface area (TPSA) is 20.3 Å². The van der Waals surface area contributed by atoms with Crippen molar-refractivity contribution in [3.05, 3.63) is 69.6 Å². The van der Waals surface area contributed by atoms with E-state index in [2.05, 4.69) is 19.1 Å². The van der Waals surface area contributed by atoms with Crippen LogP contribution in [-0.4, -0.2) is 17.9 Å². The second-order valence-corrected chi connectivity index (χ2v) is 6.82. The van der Waals surface area contributed by atoms with E-state index in [1.807, 2.05) is 43.4 Å². The van der Waals surface area contributed by atoms with Crippen molar-refractivity contribution in [3.8, 4) is 0 Å². The standard InChI is InChI=1S/C18H16ClNOS/c1-12-7-9-13(10-8-12)11-20(2)18(21)17-16(19)14-5-3-4-6-15(14)22-17/h3-10H,11H2,1-2H3. The third kappa shape index (κ3) is 2.87. The molecule has 0 saturated heterocycles. The summed E-state index contributed by atoms with van der Waals surface area (Å²) in [6.45, 7) is 2.62. The Balaban J connectivity index is 1.85. The van der Waals surface area contributed by atoms with Crippen LogP contribution in [0.4, 0.5) is 0 Å². The lowest BCUT2D eigenvalue weighted by molar-refractivity contribution is 0.0790. The minimum Gasteiger partial charge on any atom is -0.337 e. The first kappa shape index (κ1) is 15.1. The quantitative estimate of drug-likeness (QED) is 0.652. The molecule has 4 heteroatoms. The molecule has 0 aliphatic rings. The van der Waals surface area contributed by atoms with Gasteiger partial charge in [0.2, 0.25) is 0 Å². The van der Waals surface area contributed by atoms with E-state index in [1.165, 1.54) is 16.9 Å². The van der Waals surface area contributed by atoms with Crippen LogP contribution < -0.4 is 0 Å². The van der Waals surface area contributed by atoms with Gasteiger partial charge in [-0.05, 0) is 18.6 Å². The molecule has 0 bridgehead atoms. The number of benzene rings is 2. The second-order valence-electron chi connectivity index (χ2n) is 5.39. The molecular formula is C18H16ClNOS. The number of hydrogen-bond donors (Lipinski definition) is 0. The molecule has 0 unspecified atom stereocenters.